The Labute approximate surface area is 138 Å². The quantitative estimate of drug-likeness (QED) is 0.840. The lowest BCUT2D eigenvalue weighted by molar-refractivity contribution is -0.114. The SMILES string of the molecule is CC(C)(C)c1cc(NC(=O)CNc2ccc(OC(F)F)cc2)on1. The van der Waals surface area contributed by atoms with Crippen molar-refractivity contribution < 1.29 is 22.8 Å². The summed E-state index contributed by atoms with van der Waals surface area (Å²) in [5, 5.41) is 9.36. The number of aromatic nitrogens is 1. The van der Waals surface area contributed by atoms with Crippen molar-refractivity contribution in [3.8, 4) is 5.75 Å². The number of nitrogens with zero attached hydrogens (tertiary/aromatic N) is 1. The van der Waals surface area contributed by atoms with Crippen molar-refractivity contribution in [3.05, 3.63) is 36.0 Å². The summed E-state index contributed by atoms with van der Waals surface area (Å²) in [6, 6.07) is 7.53. The number of alkyl halides is 2. The second kappa shape index (κ2) is 7.29. The van der Waals surface area contributed by atoms with E-state index in [0.717, 1.165) is 5.69 Å². The molecule has 0 aliphatic carbocycles. The fraction of sp³-hybridized carbons (Fsp3) is 0.375. The number of halogens is 2. The maximum absolute atomic E-state index is 12.1. The zero-order valence-electron chi connectivity index (χ0n) is 13.6. The molecule has 0 unspecified atom stereocenters. The summed E-state index contributed by atoms with van der Waals surface area (Å²) in [7, 11) is 0. The highest BCUT2D eigenvalue weighted by Gasteiger charge is 2.19. The van der Waals surface area contributed by atoms with Gasteiger partial charge >= 0.3 is 6.61 Å². The van der Waals surface area contributed by atoms with Crippen LogP contribution in [0.15, 0.2) is 34.9 Å². The summed E-state index contributed by atoms with van der Waals surface area (Å²) >= 11 is 0. The average Bonchev–Trinajstić information content (AvgIpc) is 2.94. The maximum Gasteiger partial charge on any atom is 0.387 e. The number of carbonyl (C=O) groups excluding carboxylic acids is 1. The molecule has 0 fully saturated rings. The second-order valence-electron chi connectivity index (χ2n) is 6.13. The van der Waals surface area contributed by atoms with Crippen LogP contribution in [0.1, 0.15) is 26.5 Å². The number of hydrogen-bond acceptors (Lipinski definition) is 5. The molecule has 6 nitrogen and oxygen atoms in total. The maximum atomic E-state index is 12.1. The van der Waals surface area contributed by atoms with Gasteiger partial charge in [0, 0.05) is 17.2 Å². The van der Waals surface area contributed by atoms with Crippen LogP contribution in [0.4, 0.5) is 20.4 Å². The lowest BCUT2D eigenvalue weighted by Crippen LogP contribution is -2.21. The van der Waals surface area contributed by atoms with Crippen LogP contribution in [0.3, 0.4) is 0 Å². The molecule has 0 saturated carbocycles. The number of amides is 1. The number of ether oxygens (including phenoxy) is 1. The summed E-state index contributed by atoms with van der Waals surface area (Å²) in [5.41, 5.74) is 1.16. The van der Waals surface area contributed by atoms with E-state index >= 15 is 0 Å². The van der Waals surface area contributed by atoms with Gasteiger partial charge in [-0.15, -0.1) is 0 Å². The smallest absolute Gasteiger partial charge is 0.387 e. The zero-order chi connectivity index (χ0) is 17.7. The van der Waals surface area contributed by atoms with Crippen LogP contribution in [0.5, 0.6) is 5.75 Å². The zero-order valence-corrected chi connectivity index (χ0v) is 13.6. The van der Waals surface area contributed by atoms with Crippen LogP contribution in [0.25, 0.3) is 0 Å². The molecule has 2 aromatic rings. The first-order valence-electron chi connectivity index (χ1n) is 7.30. The highest BCUT2D eigenvalue weighted by molar-refractivity contribution is 5.92. The first-order chi connectivity index (χ1) is 11.2. The molecule has 1 amide bonds. The number of anilines is 2. The molecular formula is C16H19F2N3O3. The second-order valence-corrected chi connectivity index (χ2v) is 6.13. The monoisotopic (exact) mass is 339 g/mol. The third-order valence-electron chi connectivity index (χ3n) is 3.07. The van der Waals surface area contributed by atoms with Gasteiger partial charge in [-0.25, -0.2) is 0 Å². The summed E-state index contributed by atoms with van der Waals surface area (Å²) < 4.78 is 33.4. The van der Waals surface area contributed by atoms with Crippen LogP contribution < -0.4 is 15.4 Å². The van der Waals surface area contributed by atoms with Gasteiger partial charge in [0.15, 0.2) is 0 Å². The van der Waals surface area contributed by atoms with Crippen LogP contribution >= 0.6 is 0 Å². The van der Waals surface area contributed by atoms with Crippen molar-refractivity contribution in [2.24, 2.45) is 0 Å². The fourth-order valence-electron chi connectivity index (χ4n) is 1.81. The Kier molecular flexibility index (Phi) is 5.38. The summed E-state index contributed by atoms with van der Waals surface area (Å²) in [6.07, 6.45) is 0. The minimum absolute atomic E-state index is 0.0133. The summed E-state index contributed by atoms with van der Waals surface area (Å²) in [4.78, 5) is 11.9. The van der Waals surface area contributed by atoms with Gasteiger partial charge in [-0.2, -0.15) is 8.78 Å². The number of hydrogen-bond donors (Lipinski definition) is 2. The van der Waals surface area contributed by atoms with Gasteiger partial charge in [0.05, 0.1) is 12.2 Å². The molecule has 0 aliphatic rings. The van der Waals surface area contributed by atoms with E-state index in [1.165, 1.54) is 24.3 Å². The highest BCUT2D eigenvalue weighted by Crippen LogP contribution is 2.23. The van der Waals surface area contributed by atoms with Crippen molar-refractivity contribution in [3.63, 3.8) is 0 Å². The number of carbonyl (C=O) groups is 1. The molecule has 0 atom stereocenters. The van der Waals surface area contributed by atoms with Gasteiger partial charge in [-0.1, -0.05) is 25.9 Å². The summed E-state index contributed by atoms with van der Waals surface area (Å²) in [5.74, 6) is 0.00305. The van der Waals surface area contributed by atoms with Gasteiger partial charge in [0.1, 0.15) is 5.75 Å². The van der Waals surface area contributed by atoms with Crippen molar-refractivity contribution >= 4 is 17.5 Å². The van der Waals surface area contributed by atoms with E-state index in [1.54, 1.807) is 6.07 Å². The first-order valence-corrected chi connectivity index (χ1v) is 7.30. The minimum atomic E-state index is -2.87. The van der Waals surface area contributed by atoms with E-state index in [4.69, 9.17) is 4.52 Å². The van der Waals surface area contributed by atoms with Gasteiger partial charge in [0.2, 0.25) is 11.8 Å². The molecule has 0 saturated heterocycles. The van der Waals surface area contributed by atoms with Crippen LogP contribution in [0.2, 0.25) is 0 Å². The van der Waals surface area contributed by atoms with Crippen LogP contribution in [0, 0.1) is 0 Å². The molecule has 1 heterocycles. The molecule has 8 heteroatoms. The Bertz CT molecular complexity index is 679. The van der Waals surface area contributed by atoms with Crippen molar-refractivity contribution in [2.75, 3.05) is 17.2 Å². The first kappa shape index (κ1) is 17.7. The Hall–Kier alpha value is -2.64. The van der Waals surface area contributed by atoms with Crippen LogP contribution in [-0.4, -0.2) is 24.2 Å². The molecule has 2 rings (SSSR count). The molecule has 1 aromatic heterocycles. The molecular weight excluding hydrogens is 320 g/mol. The average molecular weight is 339 g/mol. The normalized spacial score (nSPS) is 11.4. The van der Waals surface area contributed by atoms with Crippen LogP contribution in [-0.2, 0) is 10.2 Å². The third-order valence-corrected chi connectivity index (χ3v) is 3.07. The van der Waals surface area contributed by atoms with E-state index in [9.17, 15) is 13.6 Å². The number of benzene rings is 1. The molecule has 24 heavy (non-hydrogen) atoms. The highest BCUT2D eigenvalue weighted by atomic mass is 19.3. The molecule has 0 aliphatic heterocycles. The van der Waals surface area contributed by atoms with Crippen molar-refractivity contribution in [2.45, 2.75) is 32.8 Å². The number of rotatable bonds is 6. The molecule has 0 bridgehead atoms. The largest absolute Gasteiger partial charge is 0.435 e. The predicted molar refractivity (Wildman–Crippen MR) is 85.4 cm³/mol. The van der Waals surface area contributed by atoms with Gasteiger partial charge in [-0.05, 0) is 24.3 Å². The Morgan fingerprint density at radius 1 is 1.29 bits per heavy atom. The molecule has 1 aromatic carbocycles. The third kappa shape index (κ3) is 5.22. The Morgan fingerprint density at radius 2 is 1.96 bits per heavy atom. The van der Waals surface area contributed by atoms with Gasteiger partial charge in [0.25, 0.3) is 0 Å². The van der Waals surface area contributed by atoms with E-state index in [2.05, 4.69) is 20.5 Å². The van der Waals surface area contributed by atoms with E-state index in [1.807, 2.05) is 20.8 Å². The lowest BCUT2D eigenvalue weighted by Gasteiger charge is -2.12. The van der Waals surface area contributed by atoms with E-state index < -0.39 is 6.61 Å². The van der Waals surface area contributed by atoms with Gasteiger partial charge < -0.3 is 14.6 Å². The van der Waals surface area contributed by atoms with E-state index in [0.29, 0.717) is 5.69 Å². The summed E-state index contributed by atoms with van der Waals surface area (Å²) in [6.45, 7) is 3.08. The minimum Gasteiger partial charge on any atom is -0.435 e. The topological polar surface area (TPSA) is 76.4 Å². The van der Waals surface area contributed by atoms with Crippen molar-refractivity contribution in [1.29, 1.82) is 0 Å². The van der Waals surface area contributed by atoms with Gasteiger partial charge in [-0.3, -0.25) is 10.1 Å². The van der Waals surface area contributed by atoms with E-state index in [-0.39, 0.29) is 29.5 Å². The fourth-order valence-corrected chi connectivity index (χ4v) is 1.81. The number of nitrogens with one attached hydrogen (secondary N) is 2. The molecule has 0 spiro atoms. The van der Waals surface area contributed by atoms with Crippen molar-refractivity contribution in [1.82, 2.24) is 5.16 Å². The Balaban J connectivity index is 1.83. The molecule has 130 valence electrons. The molecule has 2 N–H and O–H groups in total. The molecule has 0 radical (unpaired) electrons. The predicted octanol–water partition coefficient (Wildman–Crippen LogP) is 3.62. The lowest BCUT2D eigenvalue weighted by atomic mass is 9.92. The Morgan fingerprint density at radius 3 is 2.50 bits per heavy atom. The standard InChI is InChI=1S/C16H19F2N3O3/c1-16(2,3)12-8-14(24-21-12)20-13(22)9-19-10-4-6-11(7-5-10)23-15(17)18/h4-8,15,19H,9H2,1-3H3,(H,20,22).